The number of pyridine rings is 1. The van der Waals surface area contributed by atoms with Gasteiger partial charge in [-0.05, 0) is 61.4 Å². The van der Waals surface area contributed by atoms with Gasteiger partial charge in [-0.3, -0.25) is 14.6 Å². The zero-order chi connectivity index (χ0) is 25.5. The third-order valence-corrected chi connectivity index (χ3v) is 6.84. The van der Waals surface area contributed by atoms with Gasteiger partial charge in [0.15, 0.2) is 11.5 Å². The van der Waals surface area contributed by atoms with E-state index in [1.807, 2.05) is 56.3 Å². The molecule has 1 aliphatic heterocycles. The summed E-state index contributed by atoms with van der Waals surface area (Å²) < 4.78 is 11.1. The number of amides is 2. The average Bonchev–Trinajstić information content (AvgIpc) is 2.91. The minimum Gasteiger partial charge on any atom is -0.493 e. The van der Waals surface area contributed by atoms with Crippen molar-refractivity contribution in [3.8, 4) is 11.5 Å². The van der Waals surface area contributed by atoms with E-state index >= 15 is 0 Å². The van der Waals surface area contributed by atoms with E-state index in [2.05, 4.69) is 10.3 Å². The number of carbonyl (C=O) groups is 2. The third-order valence-electron chi connectivity index (χ3n) is 5.59. The minimum absolute atomic E-state index is 0.0540. The van der Waals surface area contributed by atoms with Gasteiger partial charge in [0, 0.05) is 23.6 Å². The van der Waals surface area contributed by atoms with Crippen LogP contribution in [-0.4, -0.2) is 45.8 Å². The molecule has 3 aromatic rings. The van der Waals surface area contributed by atoms with Gasteiger partial charge in [-0.1, -0.05) is 30.8 Å². The van der Waals surface area contributed by atoms with Crippen molar-refractivity contribution in [2.24, 2.45) is 5.10 Å². The first-order valence-corrected chi connectivity index (χ1v) is 12.6. The van der Waals surface area contributed by atoms with Crippen molar-refractivity contribution in [2.45, 2.75) is 32.1 Å². The van der Waals surface area contributed by atoms with E-state index in [1.54, 1.807) is 25.4 Å². The number of nitrogens with zero attached hydrogens (tertiary/aromatic N) is 3. The quantitative estimate of drug-likeness (QED) is 0.408. The largest absolute Gasteiger partial charge is 0.493 e. The van der Waals surface area contributed by atoms with Crippen molar-refractivity contribution in [3.63, 3.8) is 0 Å². The van der Waals surface area contributed by atoms with Crippen LogP contribution in [0.15, 0.2) is 72.1 Å². The van der Waals surface area contributed by atoms with Crippen LogP contribution in [0.25, 0.3) is 0 Å². The SMILES string of the molecule is CCOc1cc(C2=NN(Cc3ccc(NC(=O)c4cccnc4)cc3)C(=O)SC2CC)ccc1OC. The highest BCUT2D eigenvalue weighted by Gasteiger charge is 2.30. The zero-order valence-corrected chi connectivity index (χ0v) is 21.2. The van der Waals surface area contributed by atoms with Crippen LogP contribution >= 0.6 is 11.8 Å². The Kier molecular flexibility index (Phi) is 8.22. The molecule has 2 heterocycles. The summed E-state index contributed by atoms with van der Waals surface area (Å²) in [5.74, 6) is 1.07. The summed E-state index contributed by atoms with van der Waals surface area (Å²) in [5.41, 5.74) is 3.75. The lowest BCUT2D eigenvalue weighted by Crippen LogP contribution is -2.34. The number of carbonyl (C=O) groups excluding carboxylic acids is 2. The number of thioether (sulfide) groups is 1. The Morgan fingerprint density at radius 1 is 1.11 bits per heavy atom. The van der Waals surface area contributed by atoms with Gasteiger partial charge in [0.2, 0.25) is 0 Å². The van der Waals surface area contributed by atoms with Crippen molar-refractivity contribution >= 4 is 34.3 Å². The van der Waals surface area contributed by atoms with Crippen LogP contribution in [0.3, 0.4) is 0 Å². The molecular weight excluding hydrogens is 476 g/mol. The molecule has 0 aliphatic carbocycles. The van der Waals surface area contributed by atoms with Crippen LogP contribution < -0.4 is 14.8 Å². The lowest BCUT2D eigenvalue weighted by Gasteiger charge is -2.28. The fourth-order valence-electron chi connectivity index (χ4n) is 3.76. The van der Waals surface area contributed by atoms with Gasteiger partial charge < -0.3 is 14.8 Å². The lowest BCUT2D eigenvalue weighted by atomic mass is 10.0. The zero-order valence-electron chi connectivity index (χ0n) is 20.4. The Balaban J connectivity index is 1.52. The number of anilines is 1. The fraction of sp³-hybridized carbons (Fsp3) is 0.259. The number of ether oxygens (including phenoxy) is 2. The number of methoxy groups -OCH3 is 1. The third kappa shape index (κ3) is 5.85. The summed E-state index contributed by atoms with van der Waals surface area (Å²) in [5, 5.41) is 8.94. The second-order valence-corrected chi connectivity index (χ2v) is 9.17. The molecule has 1 aliphatic rings. The van der Waals surface area contributed by atoms with Gasteiger partial charge >= 0.3 is 5.24 Å². The van der Waals surface area contributed by atoms with Gasteiger partial charge in [0.05, 0.1) is 36.8 Å². The number of hydrogen-bond acceptors (Lipinski definition) is 7. The molecule has 0 saturated carbocycles. The van der Waals surface area contributed by atoms with E-state index in [9.17, 15) is 9.59 Å². The number of aromatic nitrogens is 1. The normalized spacial score (nSPS) is 15.3. The molecule has 4 rings (SSSR count). The van der Waals surface area contributed by atoms with Gasteiger partial charge in [-0.15, -0.1) is 0 Å². The van der Waals surface area contributed by atoms with Crippen LogP contribution in [0.4, 0.5) is 10.5 Å². The van der Waals surface area contributed by atoms with E-state index in [-0.39, 0.29) is 16.4 Å². The first-order chi connectivity index (χ1) is 17.5. The summed E-state index contributed by atoms with van der Waals surface area (Å²) in [6, 6.07) is 16.5. The summed E-state index contributed by atoms with van der Waals surface area (Å²) in [6.45, 7) is 4.80. The van der Waals surface area contributed by atoms with Crippen molar-refractivity contribution in [1.29, 1.82) is 0 Å². The van der Waals surface area contributed by atoms with E-state index in [4.69, 9.17) is 14.6 Å². The van der Waals surface area contributed by atoms with Crippen molar-refractivity contribution in [2.75, 3.05) is 19.0 Å². The maximum Gasteiger partial charge on any atom is 0.302 e. The predicted molar refractivity (Wildman–Crippen MR) is 142 cm³/mol. The standard InChI is InChI=1S/C27H28N4O4S/c1-4-24-25(19-10-13-22(34-3)23(15-19)35-5-2)30-31(27(33)36-24)17-18-8-11-21(12-9-18)29-26(32)20-7-6-14-28-16-20/h6-16,24H,4-5,17H2,1-3H3,(H,29,32). The Morgan fingerprint density at radius 2 is 1.92 bits per heavy atom. The van der Waals surface area contributed by atoms with Gasteiger partial charge in [0.1, 0.15) is 0 Å². The maximum atomic E-state index is 12.9. The monoisotopic (exact) mass is 504 g/mol. The van der Waals surface area contributed by atoms with Crippen LogP contribution in [0, 0.1) is 0 Å². The number of rotatable bonds is 9. The second kappa shape index (κ2) is 11.7. The molecule has 186 valence electrons. The topological polar surface area (TPSA) is 93.1 Å². The molecule has 1 unspecified atom stereocenters. The Hall–Kier alpha value is -3.85. The number of benzene rings is 2. The molecule has 1 atom stereocenters. The van der Waals surface area contributed by atoms with Gasteiger partial charge in [-0.2, -0.15) is 5.10 Å². The Bertz CT molecular complexity index is 1250. The van der Waals surface area contributed by atoms with Crippen molar-refractivity contribution in [1.82, 2.24) is 9.99 Å². The van der Waals surface area contributed by atoms with Crippen LogP contribution in [-0.2, 0) is 6.54 Å². The second-order valence-electron chi connectivity index (χ2n) is 8.01. The Morgan fingerprint density at radius 3 is 2.58 bits per heavy atom. The smallest absolute Gasteiger partial charge is 0.302 e. The van der Waals surface area contributed by atoms with Crippen LogP contribution in [0.1, 0.15) is 41.8 Å². The first-order valence-electron chi connectivity index (χ1n) is 11.7. The summed E-state index contributed by atoms with van der Waals surface area (Å²) in [6.07, 6.45) is 3.90. The molecule has 8 nitrogen and oxygen atoms in total. The van der Waals surface area contributed by atoms with Crippen molar-refractivity contribution < 1.29 is 19.1 Å². The number of hydrogen-bond donors (Lipinski definition) is 1. The highest BCUT2D eigenvalue weighted by atomic mass is 32.2. The molecule has 36 heavy (non-hydrogen) atoms. The lowest BCUT2D eigenvalue weighted by molar-refractivity contribution is 0.102. The number of hydrazone groups is 1. The predicted octanol–water partition coefficient (Wildman–Crippen LogP) is 5.59. The van der Waals surface area contributed by atoms with Crippen LogP contribution in [0.5, 0.6) is 11.5 Å². The molecule has 0 bridgehead atoms. The summed E-state index contributed by atoms with van der Waals surface area (Å²) in [7, 11) is 1.61. The Labute approximate surface area is 214 Å². The number of nitrogens with one attached hydrogen (secondary N) is 1. The minimum atomic E-state index is -0.232. The van der Waals surface area contributed by atoms with Gasteiger partial charge in [0.25, 0.3) is 5.91 Å². The highest BCUT2D eigenvalue weighted by molar-refractivity contribution is 8.14. The van der Waals surface area contributed by atoms with E-state index in [0.717, 1.165) is 23.3 Å². The molecule has 0 spiro atoms. The van der Waals surface area contributed by atoms with E-state index in [0.29, 0.717) is 35.9 Å². The van der Waals surface area contributed by atoms with E-state index in [1.165, 1.54) is 23.0 Å². The molecule has 0 fully saturated rings. The van der Waals surface area contributed by atoms with Crippen molar-refractivity contribution in [3.05, 3.63) is 83.7 Å². The molecule has 0 radical (unpaired) electrons. The molecule has 2 amide bonds. The molecule has 2 aromatic carbocycles. The molecular formula is C27H28N4O4S. The first kappa shape index (κ1) is 25.2. The molecule has 1 N–H and O–H groups in total. The summed E-state index contributed by atoms with van der Waals surface area (Å²) >= 11 is 1.28. The maximum absolute atomic E-state index is 12.9. The fourth-order valence-corrected chi connectivity index (χ4v) is 4.70. The molecule has 1 aromatic heterocycles. The van der Waals surface area contributed by atoms with E-state index < -0.39 is 0 Å². The molecule has 0 saturated heterocycles. The highest BCUT2D eigenvalue weighted by Crippen LogP contribution is 2.34. The average molecular weight is 505 g/mol. The molecule has 9 heteroatoms. The van der Waals surface area contributed by atoms with Crippen LogP contribution in [0.2, 0.25) is 0 Å². The van der Waals surface area contributed by atoms with Gasteiger partial charge in [-0.25, -0.2) is 5.01 Å². The summed E-state index contributed by atoms with van der Waals surface area (Å²) in [4.78, 5) is 29.2.